The quantitative estimate of drug-likeness (QED) is 0.824. The van der Waals surface area contributed by atoms with Crippen LogP contribution in [-0.2, 0) is 9.59 Å². The second-order valence-corrected chi connectivity index (χ2v) is 7.55. The van der Waals surface area contributed by atoms with Crippen LogP contribution in [0.5, 0.6) is 0 Å². The van der Waals surface area contributed by atoms with Crippen molar-refractivity contribution >= 4 is 17.5 Å². The number of pyridine rings is 1. The number of hydrogen-bond donors (Lipinski definition) is 0. The van der Waals surface area contributed by atoms with Crippen molar-refractivity contribution in [1.29, 1.82) is 0 Å². The standard InChI is InChI=1S/C18H21F2N3O2/c19-18(20)10-17(11-22(12-18)15(24)13-3-1-4-13)6-8-23(16(17)25)14-5-2-7-21-9-14/h2,5,7,9,13H,1,3-4,6,8,10-12H2/t17-/m1/s1. The van der Waals surface area contributed by atoms with Crippen molar-refractivity contribution in [2.45, 2.75) is 38.0 Å². The van der Waals surface area contributed by atoms with Gasteiger partial charge < -0.3 is 9.80 Å². The third-order valence-electron chi connectivity index (χ3n) is 5.75. The van der Waals surface area contributed by atoms with E-state index in [0.717, 1.165) is 19.3 Å². The minimum atomic E-state index is -3.03. The van der Waals surface area contributed by atoms with Gasteiger partial charge in [-0.05, 0) is 31.4 Å². The molecule has 1 aromatic heterocycles. The van der Waals surface area contributed by atoms with E-state index in [2.05, 4.69) is 4.98 Å². The van der Waals surface area contributed by atoms with Gasteiger partial charge in [-0.2, -0.15) is 0 Å². The number of anilines is 1. The molecule has 0 unspecified atom stereocenters. The fourth-order valence-electron chi connectivity index (χ4n) is 4.27. The predicted octanol–water partition coefficient (Wildman–Crippen LogP) is 2.47. The zero-order valence-electron chi connectivity index (χ0n) is 14.0. The Labute approximate surface area is 145 Å². The predicted molar refractivity (Wildman–Crippen MR) is 87.1 cm³/mol. The fourth-order valence-corrected chi connectivity index (χ4v) is 4.27. The van der Waals surface area contributed by atoms with Crippen LogP contribution in [0.3, 0.4) is 0 Å². The van der Waals surface area contributed by atoms with Crippen LogP contribution in [0.15, 0.2) is 24.5 Å². The lowest BCUT2D eigenvalue weighted by Gasteiger charge is -2.44. The topological polar surface area (TPSA) is 53.5 Å². The number of likely N-dealkylation sites (tertiary alicyclic amines) is 1. The molecule has 2 saturated heterocycles. The summed E-state index contributed by atoms with van der Waals surface area (Å²) >= 11 is 0. The summed E-state index contributed by atoms with van der Waals surface area (Å²) in [6.45, 7) is -0.0795. The first-order valence-corrected chi connectivity index (χ1v) is 8.79. The Morgan fingerprint density at radius 1 is 1.28 bits per heavy atom. The molecular formula is C18H21F2N3O2. The highest BCUT2D eigenvalue weighted by Crippen LogP contribution is 2.47. The van der Waals surface area contributed by atoms with Crippen LogP contribution >= 0.6 is 0 Å². The van der Waals surface area contributed by atoms with Crippen LogP contribution in [0.25, 0.3) is 0 Å². The number of piperidine rings is 1. The van der Waals surface area contributed by atoms with Crippen molar-refractivity contribution in [3.05, 3.63) is 24.5 Å². The molecule has 134 valence electrons. The van der Waals surface area contributed by atoms with Gasteiger partial charge in [-0.3, -0.25) is 14.6 Å². The number of carbonyl (C=O) groups excluding carboxylic acids is 2. The van der Waals surface area contributed by atoms with E-state index in [9.17, 15) is 18.4 Å². The lowest BCUT2D eigenvalue weighted by molar-refractivity contribution is -0.163. The molecule has 2 amide bonds. The molecule has 3 fully saturated rings. The lowest BCUT2D eigenvalue weighted by atomic mass is 9.75. The van der Waals surface area contributed by atoms with Crippen LogP contribution in [0, 0.1) is 11.3 Å². The molecule has 3 heterocycles. The second kappa shape index (κ2) is 5.75. The summed E-state index contributed by atoms with van der Waals surface area (Å²) < 4.78 is 28.8. The van der Waals surface area contributed by atoms with Gasteiger partial charge in [-0.15, -0.1) is 0 Å². The van der Waals surface area contributed by atoms with Crippen molar-refractivity contribution in [3.8, 4) is 0 Å². The van der Waals surface area contributed by atoms with Crippen molar-refractivity contribution in [2.75, 3.05) is 24.5 Å². The largest absolute Gasteiger partial charge is 0.335 e. The Bertz CT molecular complexity index is 693. The SMILES string of the molecule is O=C(C1CCC1)N1CC(F)(F)C[C@]2(CCN(c3cccnc3)C2=O)C1. The molecule has 0 N–H and O–H groups in total. The number of carbonyl (C=O) groups is 2. The van der Waals surface area contributed by atoms with Gasteiger partial charge >= 0.3 is 0 Å². The van der Waals surface area contributed by atoms with Crippen molar-refractivity contribution < 1.29 is 18.4 Å². The van der Waals surface area contributed by atoms with Crippen molar-refractivity contribution in [1.82, 2.24) is 9.88 Å². The van der Waals surface area contributed by atoms with Crippen LogP contribution in [0.4, 0.5) is 14.5 Å². The number of halogens is 2. The zero-order valence-corrected chi connectivity index (χ0v) is 14.0. The highest BCUT2D eigenvalue weighted by Gasteiger charge is 2.58. The number of rotatable bonds is 2. The molecule has 1 spiro atoms. The first-order valence-electron chi connectivity index (χ1n) is 8.79. The normalized spacial score (nSPS) is 29.1. The van der Waals surface area contributed by atoms with E-state index in [1.54, 1.807) is 24.5 Å². The molecule has 3 aliphatic rings. The van der Waals surface area contributed by atoms with E-state index in [0.29, 0.717) is 18.7 Å². The Morgan fingerprint density at radius 3 is 2.72 bits per heavy atom. The lowest BCUT2D eigenvalue weighted by Crippen LogP contribution is -2.58. The minimum Gasteiger partial charge on any atom is -0.335 e. The molecular weight excluding hydrogens is 328 g/mol. The Morgan fingerprint density at radius 2 is 2.08 bits per heavy atom. The molecule has 0 aromatic carbocycles. The van der Waals surface area contributed by atoms with Gasteiger partial charge in [0.1, 0.15) is 0 Å². The molecule has 1 aromatic rings. The van der Waals surface area contributed by atoms with Crippen LogP contribution in [0.1, 0.15) is 32.1 Å². The molecule has 1 saturated carbocycles. The average Bonchev–Trinajstić information content (AvgIpc) is 2.81. The Hall–Kier alpha value is -2.05. The van der Waals surface area contributed by atoms with E-state index in [-0.39, 0.29) is 24.3 Å². The smallest absolute Gasteiger partial charge is 0.266 e. The molecule has 25 heavy (non-hydrogen) atoms. The summed E-state index contributed by atoms with van der Waals surface area (Å²) in [4.78, 5) is 32.3. The second-order valence-electron chi connectivity index (χ2n) is 7.55. The summed E-state index contributed by atoms with van der Waals surface area (Å²) in [6.07, 6.45) is 5.53. The maximum atomic E-state index is 14.4. The summed E-state index contributed by atoms with van der Waals surface area (Å²) in [5.41, 5.74) is -0.563. The van der Waals surface area contributed by atoms with Gasteiger partial charge in [0, 0.05) is 31.6 Å². The van der Waals surface area contributed by atoms with E-state index in [4.69, 9.17) is 0 Å². The average molecular weight is 349 g/mol. The van der Waals surface area contributed by atoms with Crippen LogP contribution < -0.4 is 4.90 Å². The number of aromatic nitrogens is 1. The molecule has 0 bridgehead atoms. The first kappa shape index (κ1) is 16.4. The molecule has 4 rings (SSSR count). The van der Waals surface area contributed by atoms with Gasteiger partial charge in [0.2, 0.25) is 11.8 Å². The zero-order chi connectivity index (χ0) is 17.7. The first-order chi connectivity index (χ1) is 11.9. The minimum absolute atomic E-state index is 0.105. The monoisotopic (exact) mass is 349 g/mol. The van der Waals surface area contributed by atoms with E-state index in [1.807, 2.05) is 0 Å². The molecule has 5 nitrogen and oxygen atoms in total. The number of amides is 2. The van der Waals surface area contributed by atoms with Crippen LogP contribution in [-0.4, -0.2) is 47.3 Å². The van der Waals surface area contributed by atoms with E-state index in [1.165, 1.54) is 9.80 Å². The van der Waals surface area contributed by atoms with Crippen molar-refractivity contribution in [3.63, 3.8) is 0 Å². The summed E-state index contributed by atoms with van der Waals surface area (Å²) in [6, 6.07) is 3.47. The van der Waals surface area contributed by atoms with Gasteiger partial charge in [0.15, 0.2) is 0 Å². The van der Waals surface area contributed by atoms with Crippen molar-refractivity contribution in [2.24, 2.45) is 11.3 Å². The van der Waals surface area contributed by atoms with Gasteiger partial charge in [0.25, 0.3) is 5.92 Å². The summed E-state index contributed by atoms with van der Waals surface area (Å²) in [7, 11) is 0. The summed E-state index contributed by atoms with van der Waals surface area (Å²) in [5, 5.41) is 0. The maximum Gasteiger partial charge on any atom is 0.266 e. The maximum absolute atomic E-state index is 14.4. The fraction of sp³-hybridized carbons (Fsp3) is 0.611. The highest BCUT2D eigenvalue weighted by atomic mass is 19.3. The van der Waals surface area contributed by atoms with Gasteiger partial charge in [-0.25, -0.2) is 8.78 Å². The third-order valence-corrected chi connectivity index (χ3v) is 5.75. The van der Waals surface area contributed by atoms with E-state index >= 15 is 0 Å². The molecule has 1 aliphatic carbocycles. The molecule has 7 heteroatoms. The third kappa shape index (κ3) is 2.79. The molecule has 1 atom stereocenters. The number of nitrogens with zero attached hydrogens (tertiary/aromatic N) is 3. The van der Waals surface area contributed by atoms with Gasteiger partial charge in [-0.1, -0.05) is 6.42 Å². The van der Waals surface area contributed by atoms with Crippen LogP contribution in [0.2, 0.25) is 0 Å². The van der Waals surface area contributed by atoms with Gasteiger partial charge in [0.05, 0.1) is 23.8 Å². The highest BCUT2D eigenvalue weighted by molar-refractivity contribution is 6.00. The summed E-state index contributed by atoms with van der Waals surface area (Å²) in [5.74, 6) is -3.70. The molecule has 2 aliphatic heterocycles. The van der Waals surface area contributed by atoms with E-state index < -0.39 is 24.3 Å². The molecule has 0 radical (unpaired) electrons. The number of alkyl halides is 2. The number of hydrogen-bond acceptors (Lipinski definition) is 3. The Kier molecular flexibility index (Phi) is 3.77. The Balaban J connectivity index is 1.59.